The SMILES string of the molecule is Cc1c(C)c(C)c(CN2CCN(Cc3c(C)c(C)c(C)c(C)c3C)C2)c(C)c1C. The summed E-state index contributed by atoms with van der Waals surface area (Å²) in [7, 11) is 0. The standard InChI is InChI=1S/C27H40N2/c1-16-18(3)22(7)26(23(8)19(16)4)13-28-11-12-29(15-28)14-27-24(9)20(5)17(2)21(6)25(27)10/h11-15H2,1-10H3. The number of rotatable bonds is 4. The molecule has 0 saturated carbocycles. The van der Waals surface area contributed by atoms with Crippen molar-refractivity contribution in [3.8, 4) is 0 Å². The molecule has 1 aliphatic heterocycles. The lowest BCUT2D eigenvalue weighted by Crippen LogP contribution is -2.26. The van der Waals surface area contributed by atoms with Gasteiger partial charge in [0.1, 0.15) is 0 Å². The molecule has 3 rings (SSSR count). The predicted molar refractivity (Wildman–Crippen MR) is 126 cm³/mol. The Kier molecular flexibility index (Phi) is 6.27. The minimum absolute atomic E-state index is 1.07. The molecule has 0 atom stereocenters. The van der Waals surface area contributed by atoms with Gasteiger partial charge in [-0.15, -0.1) is 0 Å². The minimum Gasteiger partial charge on any atom is -0.285 e. The van der Waals surface area contributed by atoms with Gasteiger partial charge in [0.15, 0.2) is 0 Å². The maximum atomic E-state index is 2.63. The molecule has 1 heterocycles. The van der Waals surface area contributed by atoms with Crippen molar-refractivity contribution in [3.63, 3.8) is 0 Å². The quantitative estimate of drug-likeness (QED) is 0.625. The number of nitrogens with zero attached hydrogens (tertiary/aromatic N) is 2. The van der Waals surface area contributed by atoms with Gasteiger partial charge >= 0.3 is 0 Å². The fourth-order valence-electron chi connectivity index (χ4n) is 5.04. The molecule has 0 aromatic heterocycles. The summed E-state index contributed by atoms with van der Waals surface area (Å²) in [5.41, 5.74) is 17.8. The second-order valence-corrected chi connectivity index (χ2v) is 9.45. The van der Waals surface area contributed by atoms with E-state index >= 15 is 0 Å². The van der Waals surface area contributed by atoms with Crippen molar-refractivity contribution in [1.29, 1.82) is 0 Å². The Morgan fingerprint density at radius 3 is 0.931 bits per heavy atom. The molecule has 0 amide bonds. The topological polar surface area (TPSA) is 6.48 Å². The molecule has 1 saturated heterocycles. The highest BCUT2D eigenvalue weighted by Gasteiger charge is 2.24. The molecule has 0 bridgehead atoms. The van der Waals surface area contributed by atoms with Crippen LogP contribution < -0.4 is 0 Å². The van der Waals surface area contributed by atoms with Gasteiger partial charge in [0.05, 0.1) is 6.67 Å². The number of benzene rings is 2. The van der Waals surface area contributed by atoms with E-state index in [0.717, 1.165) is 32.8 Å². The Bertz CT molecular complexity index is 816. The molecule has 0 spiro atoms. The molecule has 0 aliphatic carbocycles. The normalized spacial score (nSPS) is 15.5. The summed E-state index contributed by atoms with van der Waals surface area (Å²) in [6, 6.07) is 0. The summed E-state index contributed by atoms with van der Waals surface area (Å²) >= 11 is 0. The molecular weight excluding hydrogens is 352 g/mol. The average molecular weight is 393 g/mol. The molecule has 2 aromatic rings. The van der Waals surface area contributed by atoms with Gasteiger partial charge in [0.2, 0.25) is 0 Å². The first-order valence-corrected chi connectivity index (χ1v) is 11.1. The fraction of sp³-hybridized carbons (Fsp3) is 0.556. The van der Waals surface area contributed by atoms with Crippen LogP contribution in [0.3, 0.4) is 0 Å². The summed E-state index contributed by atoms with van der Waals surface area (Å²) in [6.45, 7) is 28.4. The highest BCUT2D eigenvalue weighted by Crippen LogP contribution is 2.30. The first-order valence-electron chi connectivity index (χ1n) is 11.1. The summed E-state index contributed by atoms with van der Waals surface area (Å²) in [6.07, 6.45) is 0. The lowest BCUT2D eigenvalue weighted by molar-refractivity contribution is 0.234. The van der Waals surface area contributed by atoms with Crippen LogP contribution >= 0.6 is 0 Å². The van der Waals surface area contributed by atoms with Crippen molar-refractivity contribution in [2.24, 2.45) is 0 Å². The van der Waals surface area contributed by atoms with Crippen LogP contribution in [0, 0.1) is 69.2 Å². The van der Waals surface area contributed by atoms with E-state index in [2.05, 4.69) is 79.0 Å². The second-order valence-electron chi connectivity index (χ2n) is 9.45. The Morgan fingerprint density at radius 1 is 0.414 bits per heavy atom. The highest BCUT2D eigenvalue weighted by atomic mass is 15.4. The van der Waals surface area contributed by atoms with Crippen LogP contribution in [0.15, 0.2) is 0 Å². The van der Waals surface area contributed by atoms with E-state index in [0.29, 0.717) is 0 Å². The van der Waals surface area contributed by atoms with Gasteiger partial charge in [-0.1, -0.05) is 0 Å². The molecular formula is C27H40N2. The van der Waals surface area contributed by atoms with Gasteiger partial charge in [-0.05, 0) is 136 Å². The van der Waals surface area contributed by atoms with Crippen molar-refractivity contribution in [2.75, 3.05) is 19.8 Å². The number of hydrogen-bond donors (Lipinski definition) is 0. The zero-order valence-electron chi connectivity index (χ0n) is 20.4. The molecule has 2 aromatic carbocycles. The Labute approximate surface area is 178 Å². The monoisotopic (exact) mass is 392 g/mol. The van der Waals surface area contributed by atoms with Crippen LogP contribution in [-0.4, -0.2) is 29.6 Å². The molecule has 0 radical (unpaired) electrons. The van der Waals surface area contributed by atoms with E-state index in [1.807, 2.05) is 0 Å². The fourth-order valence-corrected chi connectivity index (χ4v) is 5.04. The van der Waals surface area contributed by atoms with Crippen molar-refractivity contribution >= 4 is 0 Å². The van der Waals surface area contributed by atoms with E-state index in [4.69, 9.17) is 0 Å². The van der Waals surface area contributed by atoms with E-state index in [1.165, 1.54) is 55.6 Å². The molecule has 2 nitrogen and oxygen atoms in total. The summed E-state index contributed by atoms with van der Waals surface area (Å²) in [5, 5.41) is 0. The van der Waals surface area contributed by atoms with Gasteiger partial charge in [-0.25, -0.2) is 0 Å². The average Bonchev–Trinajstić information content (AvgIpc) is 3.15. The van der Waals surface area contributed by atoms with Gasteiger partial charge in [-0.2, -0.15) is 0 Å². The first-order chi connectivity index (χ1) is 13.5. The zero-order valence-corrected chi connectivity index (χ0v) is 20.4. The molecule has 29 heavy (non-hydrogen) atoms. The van der Waals surface area contributed by atoms with Crippen LogP contribution in [-0.2, 0) is 13.1 Å². The van der Waals surface area contributed by atoms with Crippen molar-refractivity contribution in [2.45, 2.75) is 82.3 Å². The third-order valence-corrected chi connectivity index (χ3v) is 8.21. The third kappa shape index (κ3) is 3.90. The Balaban J connectivity index is 1.78. The maximum Gasteiger partial charge on any atom is 0.0513 e. The summed E-state index contributed by atoms with van der Waals surface area (Å²) < 4.78 is 0. The summed E-state index contributed by atoms with van der Waals surface area (Å²) in [4.78, 5) is 5.25. The number of hydrogen-bond acceptors (Lipinski definition) is 2. The first kappa shape index (κ1) is 22.1. The van der Waals surface area contributed by atoms with Crippen LogP contribution in [0.2, 0.25) is 0 Å². The van der Waals surface area contributed by atoms with E-state index in [-0.39, 0.29) is 0 Å². The predicted octanol–water partition coefficient (Wildman–Crippen LogP) is 6.05. The van der Waals surface area contributed by atoms with Crippen molar-refractivity contribution in [1.82, 2.24) is 9.80 Å². The zero-order chi connectivity index (χ0) is 21.6. The highest BCUT2D eigenvalue weighted by molar-refractivity contribution is 5.50. The smallest absolute Gasteiger partial charge is 0.0513 e. The Hall–Kier alpha value is -1.64. The Morgan fingerprint density at radius 2 is 0.655 bits per heavy atom. The molecule has 2 heteroatoms. The van der Waals surface area contributed by atoms with Gasteiger partial charge in [-0.3, -0.25) is 9.80 Å². The lowest BCUT2D eigenvalue weighted by atomic mass is 9.89. The largest absolute Gasteiger partial charge is 0.285 e. The van der Waals surface area contributed by atoms with Crippen LogP contribution in [0.5, 0.6) is 0 Å². The molecule has 0 unspecified atom stereocenters. The van der Waals surface area contributed by atoms with Gasteiger partial charge < -0.3 is 0 Å². The van der Waals surface area contributed by atoms with Gasteiger partial charge in [0, 0.05) is 26.2 Å². The molecule has 1 fully saturated rings. The summed E-state index contributed by atoms with van der Waals surface area (Å²) in [5.74, 6) is 0. The van der Waals surface area contributed by atoms with E-state index < -0.39 is 0 Å². The van der Waals surface area contributed by atoms with Gasteiger partial charge in [0.25, 0.3) is 0 Å². The van der Waals surface area contributed by atoms with E-state index in [1.54, 1.807) is 11.1 Å². The third-order valence-electron chi connectivity index (χ3n) is 8.21. The molecule has 0 N–H and O–H groups in total. The van der Waals surface area contributed by atoms with Crippen LogP contribution in [0.1, 0.15) is 66.8 Å². The maximum absolute atomic E-state index is 2.63. The van der Waals surface area contributed by atoms with Crippen LogP contribution in [0.25, 0.3) is 0 Å². The van der Waals surface area contributed by atoms with Crippen LogP contribution in [0.4, 0.5) is 0 Å². The van der Waals surface area contributed by atoms with Crippen molar-refractivity contribution in [3.05, 3.63) is 66.8 Å². The minimum atomic E-state index is 1.07. The second kappa shape index (κ2) is 8.24. The molecule has 158 valence electrons. The van der Waals surface area contributed by atoms with E-state index in [9.17, 15) is 0 Å². The lowest BCUT2D eigenvalue weighted by Gasteiger charge is -2.25. The molecule has 1 aliphatic rings. The van der Waals surface area contributed by atoms with Crippen molar-refractivity contribution < 1.29 is 0 Å².